The number of sulfonamides is 1. The van der Waals surface area contributed by atoms with E-state index in [1.807, 2.05) is 61.6 Å². The Morgan fingerprint density at radius 2 is 1.44 bits per heavy atom. The summed E-state index contributed by atoms with van der Waals surface area (Å²) in [4.78, 5) is 14.9. The minimum atomic E-state index is -3.54. The summed E-state index contributed by atoms with van der Waals surface area (Å²) in [6, 6.07) is 23.8. The van der Waals surface area contributed by atoms with Crippen LogP contribution in [0.3, 0.4) is 0 Å². The fraction of sp³-hybridized carbons (Fsp3) is 0.269. The van der Waals surface area contributed by atoms with E-state index in [0.29, 0.717) is 37.6 Å². The summed E-state index contributed by atoms with van der Waals surface area (Å²) in [5, 5.41) is 2.78. The molecular formula is C26H29N3O4S. The molecule has 178 valence electrons. The maximum atomic E-state index is 12.9. The number of ether oxygens (including phenoxy) is 1. The van der Waals surface area contributed by atoms with E-state index in [0.717, 1.165) is 11.1 Å². The van der Waals surface area contributed by atoms with Crippen molar-refractivity contribution in [3.8, 4) is 16.9 Å². The van der Waals surface area contributed by atoms with Crippen molar-refractivity contribution in [3.05, 3.63) is 78.9 Å². The van der Waals surface area contributed by atoms with Crippen molar-refractivity contribution in [3.63, 3.8) is 0 Å². The van der Waals surface area contributed by atoms with Gasteiger partial charge in [-0.05, 0) is 61.5 Å². The lowest BCUT2D eigenvalue weighted by molar-refractivity contribution is -0.122. The summed E-state index contributed by atoms with van der Waals surface area (Å²) in [5.41, 5.74) is 2.69. The molecule has 3 aromatic rings. The zero-order chi connectivity index (χ0) is 24.1. The zero-order valence-electron chi connectivity index (χ0n) is 19.3. The molecule has 7 nitrogen and oxygen atoms in total. The number of hydrogen-bond acceptors (Lipinski definition) is 5. The maximum Gasteiger partial charge on any atom is 0.265 e. The number of nitrogens with zero attached hydrogens (tertiary/aromatic N) is 2. The Balaban J connectivity index is 1.34. The highest BCUT2D eigenvalue weighted by atomic mass is 32.2. The van der Waals surface area contributed by atoms with Crippen molar-refractivity contribution in [1.29, 1.82) is 0 Å². The molecule has 0 radical (unpaired) electrons. The Hall–Kier alpha value is -3.20. The third-order valence-electron chi connectivity index (χ3n) is 5.87. The lowest BCUT2D eigenvalue weighted by atomic mass is 10.1. The van der Waals surface area contributed by atoms with E-state index >= 15 is 0 Å². The summed E-state index contributed by atoms with van der Waals surface area (Å²) in [6.07, 6.45) is -0.726. The summed E-state index contributed by atoms with van der Waals surface area (Å²) >= 11 is 0. The van der Waals surface area contributed by atoms with Crippen LogP contribution in [-0.4, -0.2) is 62.9 Å². The minimum Gasteiger partial charge on any atom is -0.481 e. The second-order valence-electron chi connectivity index (χ2n) is 8.37. The van der Waals surface area contributed by atoms with E-state index in [9.17, 15) is 13.2 Å². The molecule has 0 aromatic heterocycles. The number of rotatable bonds is 7. The number of carbonyl (C=O) groups excluding carboxylic acids is 1. The van der Waals surface area contributed by atoms with Crippen LogP contribution in [0, 0.1) is 0 Å². The third kappa shape index (κ3) is 5.64. The van der Waals surface area contributed by atoms with E-state index in [1.54, 1.807) is 19.1 Å². The van der Waals surface area contributed by atoms with E-state index in [2.05, 4.69) is 10.2 Å². The standard InChI is InChI=1S/C26H29N3O4S/c1-20(33-24-12-8-22(9-13-24)21-6-4-3-5-7-21)26(30)27-23-10-14-25(15-11-23)34(31,32)29-18-16-28(2)17-19-29/h3-15,20H,16-19H2,1-2H3,(H,27,30)/t20-/m0/s1. The number of benzene rings is 3. The summed E-state index contributed by atoms with van der Waals surface area (Å²) in [6.45, 7) is 4.03. The van der Waals surface area contributed by atoms with Crippen LogP contribution in [0.15, 0.2) is 83.8 Å². The molecule has 1 aliphatic heterocycles. The highest BCUT2D eigenvalue weighted by molar-refractivity contribution is 7.89. The van der Waals surface area contributed by atoms with Crippen molar-refractivity contribution < 1.29 is 17.9 Å². The van der Waals surface area contributed by atoms with E-state index in [4.69, 9.17) is 4.74 Å². The molecule has 1 atom stereocenters. The second-order valence-corrected chi connectivity index (χ2v) is 10.3. The molecule has 3 aromatic carbocycles. The van der Waals surface area contributed by atoms with Crippen LogP contribution < -0.4 is 10.1 Å². The quantitative estimate of drug-likeness (QED) is 0.559. The number of piperazine rings is 1. The second kappa shape index (κ2) is 10.4. The van der Waals surface area contributed by atoms with Gasteiger partial charge in [0.1, 0.15) is 5.75 Å². The SMILES string of the molecule is C[C@H](Oc1ccc(-c2ccccc2)cc1)C(=O)Nc1ccc(S(=O)(=O)N2CCN(C)CC2)cc1. The third-order valence-corrected chi connectivity index (χ3v) is 7.78. The van der Waals surface area contributed by atoms with Crippen LogP contribution in [0.5, 0.6) is 5.75 Å². The Morgan fingerprint density at radius 3 is 2.06 bits per heavy atom. The molecule has 1 aliphatic rings. The average Bonchev–Trinajstić information content (AvgIpc) is 2.85. The van der Waals surface area contributed by atoms with Crippen LogP contribution >= 0.6 is 0 Å². The highest BCUT2D eigenvalue weighted by Crippen LogP contribution is 2.23. The van der Waals surface area contributed by atoms with Gasteiger partial charge in [0, 0.05) is 31.9 Å². The van der Waals surface area contributed by atoms with Gasteiger partial charge in [-0.2, -0.15) is 4.31 Å². The van der Waals surface area contributed by atoms with Gasteiger partial charge in [-0.15, -0.1) is 0 Å². The van der Waals surface area contributed by atoms with Crippen LogP contribution in [0.25, 0.3) is 11.1 Å². The van der Waals surface area contributed by atoms with E-state index in [1.165, 1.54) is 16.4 Å². The number of anilines is 1. The summed E-state index contributed by atoms with van der Waals surface area (Å²) in [7, 11) is -1.56. The number of likely N-dealkylation sites (N-methyl/N-ethyl adjacent to an activating group) is 1. The molecule has 0 unspecified atom stereocenters. The first-order valence-electron chi connectivity index (χ1n) is 11.2. The van der Waals surface area contributed by atoms with Crippen molar-refractivity contribution in [2.24, 2.45) is 0 Å². The fourth-order valence-corrected chi connectivity index (χ4v) is 5.17. The predicted molar refractivity (Wildman–Crippen MR) is 133 cm³/mol. The maximum absolute atomic E-state index is 12.9. The Kier molecular flexibility index (Phi) is 7.31. The van der Waals surface area contributed by atoms with Crippen LogP contribution in [-0.2, 0) is 14.8 Å². The van der Waals surface area contributed by atoms with Gasteiger partial charge in [0.25, 0.3) is 5.91 Å². The topological polar surface area (TPSA) is 78.9 Å². The first-order chi connectivity index (χ1) is 16.3. The summed E-state index contributed by atoms with van der Waals surface area (Å²) in [5.74, 6) is 0.276. The number of nitrogens with one attached hydrogen (secondary N) is 1. The van der Waals surface area contributed by atoms with Crippen LogP contribution in [0.1, 0.15) is 6.92 Å². The molecule has 0 saturated carbocycles. The molecule has 0 aliphatic carbocycles. The number of hydrogen-bond donors (Lipinski definition) is 1. The highest BCUT2D eigenvalue weighted by Gasteiger charge is 2.27. The van der Waals surface area contributed by atoms with Crippen molar-refractivity contribution >= 4 is 21.6 Å². The van der Waals surface area contributed by atoms with Crippen LogP contribution in [0.4, 0.5) is 5.69 Å². The normalized spacial score (nSPS) is 16.1. The first-order valence-corrected chi connectivity index (χ1v) is 12.7. The minimum absolute atomic E-state index is 0.220. The van der Waals surface area contributed by atoms with Crippen LogP contribution in [0.2, 0.25) is 0 Å². The smallest absolute Gasteiger partial charge is 0.265 e. The lowest BCUT2D eigenvalue weighted by Crippen LogP contribution is -2.46. The largest absolute Gasteiger partial charge is 0.481 e. The predicted octanol–water partition coefficient (Wildman–Crippen LogP) is 3.70. The fourth-order valence-electron chi connectivity index (χ4n) is 3.75. The molecule has 1 N–H and O–H groups in total. The van der Waals surface area contributed by atoms with E-state index < -0.39 is 16.1 Å². The van der Waals surface area contributed by atoms with Crippen molar-refractivity contribution in [1.82, 2.24) is 9.21 Å². The monoisotopic (exact) mass is 479 g/mol. The van der Waals surface area contributed by atoms with Gasteiger partial charge in [-0.25, -0.2) is 8.42 Å². The van der Waals surface area contributed by atoms with Gasteiger partial charge in [-0.3, -0.25) is 4.79 Å². The first kappa shape index (κ1) is 23.9. The Labute approximate surface area is 201 Å². The molecule has 1 amide bonds. The summed E-state index contributed by atoms with van der Waals surface area (Å²) < 4.78 is 33.0. The Bertz CT molecular complexity index is 1210. The van der Waals surface area contributed by atoms with Gasteiger partial charge in [0.2, 0.25) is 10.0 Å². The zero-order valence-corrected chi connectivity index (χ0v) is 20.2. The molecule has 1 heterocycles. The number of amides is 1. The Morgan fingerprint density at radius 1 is 0.853 bits per heavy atom. The van der Waals surface area contributed by atoms with Crippen molar-refractivity contribution in [2.75, 3.05) is 38.5 Å². The lowest BCUT2D eigenvalue weighted by Gasteiger charge is -2.31. The van der Waals surface area contributed by atoms with Gasteiger partial charge in [0.05, 0.1) is 4.90 Å². The average molecular weight is 480 g/mol. The van der Waals surface area contributed by atoms with Gasteiger partial charge < -0.3 is 15.0 Å². The van der Waals surface area contributed by atoms with Crippen molar-refractivity contribution in [2.45, 2.75) is 17.9 Å². The van der Waals surface area contributed by atoms with E-state index in [-0.39, 0.29) is 10.8 Å². The van der Waals surface area contributed by atoms with Gasteiger partial charge in [0.15, 0.2) is 6.10 Å². The van der Waals surface area contributed by atoms with Gasteiger partial charge in [-0.1, -0.05) is 42.5 Å². The molecular weight excluding hydrogens is 450 g/mol. The molecule has 1 fully saturated rings. The molecule has 4 rings (SSSR count). The molecule has 1 saturated heterocycles. The van der Waals surface area contributed by atoms with Gasteiger partial charge >= 0.3 is 0 Å². The molecule has 8 heteroatoms. The molecule has 0 bridgehead atoms. The molecule has 0 spiro atoms. The number of carbonyl (C=O) groups is 1. The molecule has 34 heavy (non-hydrogen) atoms.